The van der Waals surface area contributed by atoms with Crippen molar-refractivity contribution < 1.29 is 9.90 Å². The first-order valence-electron chi connectivity index (χ1n) is 4.88. The molecule has 1 unspecified atom stereocenters. The van der Waals surface area contributed by atoms with Crippen LogP contribution in [0.4, 0.5) is 0 Å². The highest BCUT2D eigenvalue weighted by Crippen LogP contribution is 2.28. The summed E-state index contributed by atoms with van der Waals surface area (Å²) in [5.74, 6) is 0.0797. The fourth-order valence-electron chi connectivity index (χ4n) is 2.27. The molecule has 0 saturated heterocycles. The molecule has 1 aliphatic heterocycles. The topological polar surface area (TPSA) is 55.1 Å². The van der Waals surface area contributed by atoms with Crippen molar-refractivity contribution in [2.24, 2.45) is 0 Å². The molecule has 14 heavy (non-hydrogen) atoms. The fourth-order valence-corrected chi connectivity index (χ4v) is 2.27. The molecule has 1 atom stereocenters. The number of fused-ring (bicyclic) bond motifs is 1. The van der Waals surface area contributed by atoms with Gasteiger partial charge in [0.2, 0.25) is 0 Å². The molecule has 1 aliphatic rings. The molecule has 2 rings (SSSR count). The Morgan fingerprint density at radius 2 is 2.29 bits per heavy atom. The standard InChI is InChI=1S/C10H14N2O2/c1-6-8-4-3-5-9(10(13)14)12(8)7(2)11-6/h9H,3-5H2,1-2H3,(H,13,14). The molecule has 1 aromatic rings. The fraction of sp³-hybridized carbons (Fsp3) is 0.600. The van der Waals surface area contributed by atoms with Gasteiger partial charge in [0, 0.05) is 5.69 Å². The van der Waals surface area contributed by atoms with Crippen molar-refractivity contribution >= 4 is 5.97 Å². The van der Waals surface area contributed by atoms with Crippen LogP contribution in [0.25, 0.3) is 0 Å². The molecule has 0 radical (unpaired) electrons. The van der Waals surface area contributed by atoms with E-state index >= 15 is 0 Å². The van der Waals surface area contributed by atoms with Crippen molar-refractivity contribution in [3.05, 3.63) is 17.2 Å². The summed E-state index contributed by atoms with van der Waals surface area (Å²) in [5, 5.41) is 9.07. The molecule has 0 amide bonds. The number of aryl methyl sites for hydroxylation is 2. The van der Waals surface area contributed by atoms with Gasteiger partial charge >= 0.3 is 5.97 Å². The third-order valence-corrected chi connectivity index (χ3v) is 2.87. The van der Waals surface area contributed by atoms with E-state index in [9.17, 15) is 4.79 Å². The Bertz CT molecular complexity index is 382. The number of rotatable bonds is 1. The molecule has 1 N–H and O–H groups in total. The SMILES string of the molecule is Cc1nc(C)n2c1CCCC2C(=O)O. The van der Waals surface area contributed by atoms with Crippen LogP contribution in [0.3, 0.4) is 0 Å². The first-order chi connectivity index (χ1) is 6.61. The van der Waals surface area contributed by atoms with E-state index in [2.05, 4.69) is 4.98 Å². The summed E-state index contributed by atoms with van der Waals surface area (Å²) in [7, 11) is 0. The number of nitrogens with zero attached hydrogens (tertiary/aromatic N) is 2. The lowest BCUT2D eigenvalue weighted by atomic mass is 10.0. The van der Waals surface area contributed by atoms with Crippen LogP contribution in [0.1, 0.15) is 36.1 Å². The van der Waals surface area contributed by atoms with Gasteiger partial charge in [0.05, 0.1) is 5.69 Å². The molecule has 0 aromatic carbocycles. The Balaban J connectivity index is 2.53. The second kappa shape index (κ2) is 3.12. The number of hydrogen-bond acceptors (Lipinski definition) is 2. The van der Waals surface area contributed by atoms with Crippen molar-refractivity contribution in [2.75, 3.05) is 0 Å². The maximum atomic E-state index is 11.0. The van der Waals surface area contributed by atoms with Gasteiger partial charge in [-0.3, -0.25) is 0 Å². The predicted octanol–water partition coefficient (Wildman–Crippen LogP) is 1.46. The van der Waals surface area contributed by atoms with Crippen LogP contribution in [0.15, 0.2) is 0 Å². The Kier molecular flexibility index (Phi) is 2.06. The van der Waals surface area contributed by atoms with Crippen LogP contribution in [0, 0.1) is 13.8 Å². The van der Waals surface area contributed by atoms with Crippen LogP contribution in [-0.2, 0) is 11.2 Å². The normalized spacial score (nSPS) is 20.6. The van der Waals surface area contributed by atoms with E-state index in [0.29, 0.717) is 0 Å². The largest absolute Gasteiger partial charge is 0.480 e. The van der Waals surface area contributed by atoms with Gasteiger partial charge in [-0.25, -0.2) is 9.78 Å². The number of aromatic nitrogens is 2. The molecule has 76 valence electrons. The maximum absolute atomic E-state index is 11.0. The summed E-state index contributed by atoms with van der Waals surface area (Å²) in [6, 6.07) is -0.403. The van der Waals surface area contributed by atoms with Crippen LogP contribution >= 0.6 is 0 Å². The van der Waals surface area contributed by atoms with Gasteiger partial charge in [-0.1, -0.05) is 0 Å². The monoisotopic (exact) mass is 194 g/mol. The second-order valence-corrected chi connectivity index (χ2v) is 3.81. The molecule has 4 nitrogen and oxygen atoms in total. The van der Waals surface area contributed by atoms with Gasteiger partial charge in [-0.05, 0) is 33.1 Å². The molecular weight excluding hydrogens is 180 g/mol. The minimum atomic E-state index is -0.744. The number of carboxylic acids is 1. The summed E-state index contributed by atoms with van der Waals surface area (Å²) >= 11 is 0. The van der Waals surface area contributed by atoms with Crippen molar-refractivity contribution in [3.8, 4) is 0 Å². The van der Waals surface area contributed by atoms with Gasteiger partial charge < -0.3 is 9.67 Å². The highest BCUT2D eigenvalue weighted by Gasteiger charge is 2.28. The Labute approximate surface area is 82.6 Å². The molecule has 2 heterocycles. The average molecular weight is 194 g/mol. The smallest absolute Gasteiger partial charge is 0.326 e. The van der Waals surface area contributed by atoms with Gasteiger partial charge in [0.15, 0.2) is 0 Å². The average Bonchev–Trinajstić information content (AvgIpc) is 2.43. The van der Waals surface area contributed by atoms with Gasteiger partial charge in [-0.15, -0.1) is 0 Å². The van der Waals surface area contributed by atoms with Crippen molar-refractivity contribution in [2.45, 2.75) is 39.2 Å². The van der Waals surface area contributed by atoms with E-state index < -0.39 is 12.0 Å². The van der Waals surface area contributed by atoms with Gasteiger partial charge in [0.1, 0.15) is 11.9 Å². The van der Waals surface area contributed by atoms with Crippen molar-refractivity contribution in [1.29, 1.82) is 0 Å². The summed E-state index contributed by atoms with van der Waals surface area (Å²) < 4.78 is 1.88. The van der Waals surface area contributed by atoms with Crippen LogP contribution < -0.4 is 0 Å². The van der Waals surface area contributed by atoms with Crippen LogP contribution in [0.2, 0.25) is 0 Å². The van der Waals surface area contributed by atoms with E-state index in [1.807, 2.05) is 18.4 Å². The van der Waals surface area contributed by atoms with E-state index in [1.165, 1.54) is 0 Å². The molecule has 1 aromatic heterocycles. The molecule has 4 heteroatoms. The highest BCUT2D eigenvalue weighted by atomic mass is 16.4. The summed E-state index contributed by atoms with van der Waals surface area (Å²) in [6.07, 6.45) is 2.62. The third kappa shape index (κ3) is 1.22. The molecule has 0 saturated carbocycles. The Morgan fingerprint density at radius 1 is 1.57 bits per heavy atom. The first-order valence-corrected chi connectivity index (χ1v) is 4.88. The van der Waals surface area contributed by atoms with Crippen molar-refractivity contribution in [1.82, 2.24) is 9.55 Å². The third-order valence-electron chi connectivity index (χ3n) is 2.87. The van der Waals surface area contributed by atoms with E-state index in [1.54, 1.807) is 0 Å². The molecule has 0 spiro atoms. The molecule has 0 fully saturated rings. The lowest BCUT2D eigenvalue weighted by molar-refractivity contribution is -0.141. The minimum absolute atomic E-state index is 0.403. The number of aliphatic carboxylic acids is 1. The molecular formula is C10H14N2O2. The highest BCUT2D eigenvalue weighted by molar-refractivity contribution is 5.72. The zero-order valence-electron chi connectivity index (χ0n) is 8.45. The second-order valence-electron chi connectivity index (χ2n) is 3.81. The zero-order valence-corrected chi connectivity index (χ0v) is 8.45. The van der Waals surface area contributed by atoms with Crippen molar-refractivity contribution in [3.63, 3.8) is 0 Å². The summed E-state index contributed by atoms with van der Waals surface area (Å²) in [5.41, 5.74) is 2.08. The van der Waals surface area contributed by atoms with Gasteiger partial charge in [0.25, 0.3) is 0 Å². The first kappa shape index (κ1) is 9.24. The van der Waals surface area contributed by atoms with E-state index in [0.717, 1.165) is 36.5 Å². The van der Waals surface area contributed by atoms with E-state index in [-0.39, 0.29) is 0 Å². The van der Waals surface area contributed by atoms with Crippen LogP contribution in [0.5, 0.6) is 0 Å². The predicted molar refractivity (Wildman–Crippen MR) is 51.3 cm³/mol. The zero-order chi connectivity index (χ0) is 10.3. The Morgan fingerprint density at radius 3 is 2.93 bits per heavy atom. The number of carboxylic acid groups (broad SMARTS) is 1. The number of hydrogen-bond donors (Lipinski definition) is 1. The molecule has 0 aliphatic carbocycles. The van der Waals surface area contributed by atoms with Crippen LogP contribution in [-0.4, -0.2) is 20.6 Å². The minimum Gasteiger partial charge on any atom is -0.480 e. The lowest BCUT2D eigenvalue weighted by Gasteiger charge is -2.23. The maximum Gasteiger partial charge on any atom is 0.326 e. The summed E-state index contributed by atoms with van der Waals surface area (Å²) in [4.78, 5) is 15.4. The number of imidazole rings is 1. The van der Waals surface area contributed by atoms with E-state index in [4.69, 9.17) is 5.11 Å². The van der Waals surface area contributed by atoms with Gasteiger partial charge in [-0.2, -0.15) is 0 Å². The Hall–Kier alpha value is -1.32. The number of carbonyl (C=O) groups is 1. The molecule has 0 bridgehead atoms. The lowest BCUT2D eigenvalue weighted by Crippen LogP contribution is -2.25. The summed E-state index contributed by atoms with van der Waals surface area (Å²) in [6.45, 7) is 3.82. The quantitative estimate of drug-likeness (QED) is 0.736.